The topological polar surface area (TPSA) is 66.6 Å². The Balaban J connectivity index is 1.48. The number of aliphatic hydroxyl groups excluding tert-OH is 1. The average molecular weight is 346 g/mol. The third-order valence-corrected chi connectivity index (χ3v) is 5.91. The normalized spacial score (nSPS) is 22.1. The van der Waals surface area contributed by atoms with Crippen molar-refractivity contribution in [1.82, 2.24) is 9.88 Å². The quantitative estimate of drug-likeness (QED) is 0.897. The predicted molar refractivity (Wildman–Crippen MR) is 91.2 cm³/mol. The summed E-state index contributed by atoms with van der Waals surface area (Å²) in [4.78, 5) is 20.2. The average Bonchev–Trinajstić information content (AvgIpc) is 2.99. The number of carbonyl (C=O) groups is 1. The van der Waals surface area contributed by atoms with Gasteiger partial charge < -0.3 is 14.4 Å². The lowest BCUT2D eigenvalue weighted by Crippen LogP contribution is -2.36. The Hall–Kier alpha value is -1.66. The molecule has 3 heterocycles. The molecule has 5 nitrogen and oxygen atoms in total. The van der Waals surface area contributed by atoms with Gasteiger partial charge in [0.05, 0.1) is 11.8 Å². The number of thiophene rings is 1. The number of carbonyl (C=O) groups excluding carboxylic acids is 1. The number of aryl methyl sites for hydroxylation is 1. The minimum Gasteiger partial charge on any atom is -0.435 e. The molecule has 1 N–H and O–H groups in total. The first kappa shape index (κ1) is 15.8. The smallest absolute Gasteiger partial charge is 0.291 e. The highest BCUT2D eigenvalue weighted by molar-refractivity contribution is 7.10. The second-order valence-corrected chi connectivity index (χ2v) is 7.78. The summed E-state index contributed by atoms with van der Waals surface area (Å²) in [5.74, 6) is 1.42. The van der Waals surface area contributed by atoms with Gasteiger partial charge in [0.2, 0.25) is 5.76 Å². The van der Waals surface area contributed by atoms with Gasteiger partial charge in [-0.05, 0) is 50.5 Å². The van der Waals surface area contributed by atoms with E-state index in [1.807, 2.05) is 29.3 Å². The third-order valence-electron chi connectivity index (χ3n) is 4.94. The maximum Gasteiger partial charge on any atom is 0.291 e. The summed E-state index contributed by atoms with van der Waals surface area (Å²) < 4.78 is 5.78. The molecule has 0 radical (unpaired) electrons. The summed E-state index contributed by atoms with van der Waals surface area (Å²) in [6.07, 6.45) is 4.17. The van der Waals surface area contributed by atoms with E-state index in [0.29, 0.717) is 29.7 Å². The van der Waals surface area contributed by atoms with Crippen molar-refractivity contribution in [3.05, 3.63) is 39.7 Å². The number of aliphatic hydroxyl groups is 1. The highest BCUT2D eigenvalue weighted by Crippen LogP contribution is 2.40. The number of amides is 1. The Kier molecular flexibility index (Phi) is 4.18. The van der Waals surface area contributed by atoms with Crippen molar-refractivity contribution < 1.29 is 14.3 Å². The summed E-state index contributed by atoms with van der Waals surface area (Å²) in [7, 11) is 0. The van der Waals surface area contributed by atoms with Crippen LogP contribution in [-0.2, 0) is 0 Å². The first-order valence-electron chi connectivity index (χ1n) is 8.63. The lowest BCUT2D eigenvalue weighted by molar-refractivity contribution is 0.0637. The molecule has 6 heteroatoms. The van der Waals surface area contributed by atoms with Crippen LogP contribution in [0, 0.1) is 6.92 Å². The fraction of sp³-hybridized carbons (Fsp3) is 0.556. The van der Waals surface area contributed by atoms with Crippen molar-refractivity contribution in [1.29, 1.82) is 0 Å². The molecule has 1 saturated carbocycles. The molecule has 2 aromatic rings. The van der Waals surface area contributed by atoms with Gasteiger partial charge in [-0.15, -0.1) is 11.3 Å². The van der Waals surface area contributed by atoms with Crippen molar-refractivity contribution in [3.8, 4) is 0 Å². The van der Waals surface area contributed by atoms with Gasteiger partial charge in [0.15, 0.2) is 5.89 Å². The van der Waals surface area contributed by atoms with Crippen LogP contribution in [0.15, 0.2) is 21.9 Å². The minimum absolute atomic E-state index is 0.0588. The van der Waals surface area contributed by atoms with Crippen LogP contribution >= 0.6 is 11.3 Å². The summed E-state index contributed by atoms with van der Waals surface area (Å²) >= 11 is 1.55. The standard InChI is InChI=1S/C18H22N2O3S/c1-11-16(23-17(19-11)12-6-7-12)18(22)20-8-2-4-13(20)10-14(21)15-5-3-9-24-15/h3,5,9,12-14,21H,2,4,6-8,10H2,1H3/t13-,14-/m1/s1. The number of rotatable bonds is 5. The zero-order valence-electron chi connectivity index (χ0n) is 13.8. The van der Waals surface area contributed by atoms with E-state index in [1.54, 1.807) is 11.3 Å². The van der Waals surface area contributed by atoms with E-state index in [0.717, 1.165) is 37.1 Å². The second-order valence-electron chi connectivity index (χ2n) is 6.80. The van der Waals surface area contributed by atoms with Gasteiger partial charge in [-0.3, -0.25) is 4.79 Å². The van der Waals surface area contributed by atoms with Crippen molar-refractivity contribution in [3.63, 3.8) is 0 Å². The van der Waals surface area contributed by atoms with Gasteiger partial charge >= 0.3 is 0 Å². The van der Waals surface area contributed by atoms with E-state index in [9.17, 15) is 9.90 Å². The Morgan fingerprint density at radius 3 is 3.04 bits per heavy atom. The fourth-order valence-electron chi connectivity index (χ4n) is 3.45. The number of oxazole rings is 1. The van der Waals surface area contributed by atoms with Crippen LogP contribution in [0.5, 0.6) is 0 Å². The molecule has 1 saturated heterocycles. The summed E-state index contributed by atoms with van der Waals surface area (Å²) in [5, 5.41) is 12.4. The maximum absolute atomic E-state index is 12.9. The molecule has 2 aliphatic rings. The Labute approximate surface area is 145 Å². The van der Waals surface area contributed by atoms with Gasteiger partial charge in [0.1, 0.15) is 0 Å². The van der Waals surface area contributed by atoms with Crippen LogP contribution < -0.4 is 0 Å². The van der Waals surface area contributed by atoms with Crippen molar-refractivity contribution >= 4 is 17.2 Å². The van der Waals surface area contributed by atoms with Gasteiger partial charge in [-0.2, -0.15) is 0 Å². The molecule has 0 bridgehead atoms. The minimum atomic E-state index is -0.513. The summed E-state index contributed by atoms with van der Waals surface area (Å²) in [6.45, 7) is 2.56. The molecule has 0 aromatic carbocycles. The SMILES string of the molecule is Cc1nc(C2CC2)oc1C(=O)N1CCC[C@@H]1C[C@@H](O)c1cccs1. The molecule has 24 heavy (non-hydrogen) atoms. The second kappa shape index (κ2) is 6.33. The van der Waals surface area contributed by atoms with E-state index in [4.69, 9.17) is 4.42 Å². The van der Waals surface area contributed by atoms with E-state index >= 15 is 0 Å². The summed E-state index contributed by atoms with van der Waals surface area (Å²) in [5.41, 5.74) is 0.686. The first-order valence-corrected chi connectivity index (χ1v) is 9.51. The Bertz CT molecular complexity index is 721. The van der Waals surface area contributed by atoms with Gasteiger partial charge in [-0.25, -0.2) is 4.98 Å². The van der Waals surface area contributed by atoms with Crippen molar-refractivity contribution in [2.75, 3.05) is 6.54 Å². The van der Waals surface area contributed by atoms with E-state index in [2.05, 4.69) is 4.98 Å². The maximum atomic E-state index is 12.9. The van der Waals surface area contributed by atoms with Gasteiger partial charge in [0.25, 0.3) is 5.91 Å². The fourth-order valence-corrected chi connectivity index (χ4v) is 4.18. The lowest BCUT2D eigenvalue weighted by Gasteiger charge is -2.25. The molecule has 0 spiro atoms. The molecule has 1 aliphatic heterocycles. The van der Waals surface area contributed by atoms with Crippen molar-refractivity contribution in [2.24, 2.45) is 0 Å². The third kappa shape index (κ3) is 3.00. The van der Waals surface area contributed by atoms with Gasteiger partial charge in [-0.1, -0.05) is 6.07 Å². The van der Waals surface area contributed by atoms with E-state index in [-0.39, 0.29) is 11.9 Å². The van der Waals surface area contributed by atoms with Crippen LogP contribution in [0.2, 0.25) is 0 Å². The van der Waals surface area contributed by atoms with Crippen LogP contribution in [0.4, 0.5) is 0 Å². The zero-order valence-corrected chi connectivity index (χ0v) is 14.6. The predicted octanol–water partition coefficient (Wildman–Crippen LogP) is 3.65. The zero-order chi connectivity index (χ0) is 16.7. The van der Waals surface area contributed by atoms with E-state index in [1.165, 1.54) is 0 Å². The Morgan fingerprint density at radius 2 is 2.33 bits per heavy atom. The molecule has 128 valence electrons. The molecule has 4 rings (SSSR count). The molecular formula is C18H22N2O3S. The van der Waals surface area contributed by atoms with Gasteiger partial charge in [0, 0.05) is 23.4 Å². The summed E-state index contributed by atoms with van der Waals surface area (Å²) in [6, 6.07) is 3.94. The highest BCUT2D eigenvalue weighted by Gasteiger charge is 2.36. The molecule has 0 unspecified atom stereocenters. The van der Waals surface area contributed by atoms with Crippen LogP contribution in [0.1, 0.15) is 71.1 Å². The molecule has 2 aromatic heterocycles. The van der Waals surface area contributed by atoms with Crippen LogP contribution in [-0.4, -0.2) is 33.5 Å². The van der Waals surface area contributed by atoms with Crippen LogP contribution in [0.25, 0.3) is 0 Å². The van der Waals surface area contributed by atoms with Crippen LogP contribution in [0.3, 0.4) is 0 Å². The highest BCUT2D eigenvalue weighted by atomic mass is 32.1. The molecular weight excluding hydrogens is 324 g/mol. The number of likely N-dealkylation sites (tertiary alicyclic amines) is 1. The largest absolute Gasteiger partial charge is 0.435 e. The lowest BCUT2D eigenvalue weighted by atomic mass is 10.1. The number of hydrogen-bond acceptors (Lipinski definition) is 5. The molecule has 1 amide bonds. The monoisotopic (exact) mass is 346 g/mol. The molecule has 2 atom stereocenters. The number of nitrogens with zero attached hydrogens (tertiary/aromatic N) is 2. The number of aromatic nitrogens is 1. The molecule has 1 aliphatic carbocycles. The Morgan fingerprint density at radius 1 is 1.50 bits per heavy atom. The van der Waals surface area contributed by atoms with E-state index < -0.39 is 6.10 Å². The number of hydrogen-bond donors (Lipinski definition) is 1. The van der Waals surface area contributed by atoms with Crippen molar-refractivity contribution in [2.45, 2.75) is 57.1 Å². The molecule has 2 fully saturated rings. The first-order chi connectivity index (χ1) is 11.6.